The molecule has 0 aliphatic carbocycles. The van der Waals surface area contributed by atoms with Crippen LogP contribution in [0.5, 0.6) is 5.75 Å². The smallest absolute Gasteiger partial charge is 0.119 e. The molecule has 1 N–H and O–H groups in total. The monoisotopic (exact) mass is 256 g/mol. The van der Waals surface area contributed by atoms with Crippen LogP contribution in [0.2, 0.25) is 0 Å². The molecule has 0 amide bonds. The SMILES string of the molecule is Cc1cc(C)cc(OCCC(O)c2ccccc2)c1. The Morgan fingerprint density at radius 1 is 1.00 bits per heavy atom. The topological polar surface area (TPSA) is 29.5 Å². The first-order valence-electron chi connectivity index (χ1n) is 6.59. The number of benzene rings is 2. The van der Waals surface area contributed by atoms with Crippen LogP contribution in [0.25, 0.3) is 0 Å². The van der Waals surface area contributed by atoms with E-state index in [1.165, 1.54) is 11.1 Å². The molecule has 2 rings (SSSR count). The van der Waals surface area contributed by atoms with Gasteiger partial charge in [0, 0.05) is 6.42 Å². The van der Waals surface area contributed by atoms with Crippen LogP contribution < -0.4 is 4.74 Å². The minimum atomic E-state index is -0.466. The molecule has 0 aromatic heterocycles. The summed E-state index contributed by atoms with van der Waals surface area (Å²) in [5.74, 6) is 0.873. The van der Waals surface area contributed by atoms with Crippen LogP contribution >= 0.6 is 0 Å². The van der Waals surface area contributed by atoms with E-state index in [2.05, 4.69) is 19.9 Å². The largest absolute Gasteiger partial charge is 0.493 e. The Hall–Kier alpha value is -1.80. The second kappa shape index (κ2) is 6.39. The van der Waals surface area contributed by atoms with E-state index < -0.39 is 6.10 Å². The minimum absolute atomic E-state index is 0.466. The molecule has 0 aliphatic heterocycles. The van der Waals surface area contributed by atoms with Crippen LogP contribution in [0.15, 0.2) is 48.5 Å². The van der Waals surface area contributed by atoms with Gasteiger partial charge in [0.15, 0.2) is 0 Å². The van der Waals surface area contributed by atoms with Crippen molar-refractivity contribution in [3.8, 4) is 5.75 Å². The summed E-state index contributed by atoms with van der Waals surface area (Å²) in [4.78, 5) is 0. The average Bonchev–Trinajstić information content (AvgIpc) is 2.38. The number of hydrogen-bond acceptors (Lipinski definition) is 2. The highest BCUT2D eigenvalue weighted by atomic mass is 16.5. The predicted molar refractivity (Wildman–Crippen MR) is 77.4 cm³/mol. The third-order valence-electron chi connectivity index (χ3n) is 3.04. The van der Waals surface area contributed by atoms with Crippen molar-refractivity contribution in [1.29, 1.82) is 0 Å². The zero-order valence-electron chi connectivity index (χ0n) is 11.5. The molecule has 1 unspecified atom stereocenters. The van der Waals surface area contributed by atoms with E-state index in [1.807, 2.05) is 42.5 Å². The maximum atomic E-state index is 10.0. The van der Waals surface area contributed by atoms with Gasteiger partial charge in [-0.05, 0) is 42.7 Å². The van der Waals surface area contributed by atoms with Crippen molar-refractivity contribution in [2.45, 2.75) is 26.4 Å². The molecule has 2 nitrogen and oxygen atoms in total. The lowest BCUT2D eigenvalue weighted by Crippen LogP contribution is -2.05. The maximum absolute atomic E-state index is 10.0. The number of hydrogen-bond donors (Lipinski definition) is 1. The zero-order valence-corrected chi connectivity index (χ0v) is 11.5. The van der Waals surface area contributed by atoms with Crippen LogP contribution in [0.3, 0.4) is 0 Å². The summed E-state index contributed by atoms with van der Waals surface area (Å²) in [7, 11) is 0. The van der Waals surface area contributed by atoms with Crippen LogP contribution in [-0.4, -0.2) is 11.7 Å². The van der Waals surface area contributed by atoms with Gasteiger partial charge in [-0.1, -0.05) is 36.4 Å². The van der Waals surface area contributed by atoms with Crippen molar-refractivity contribution in [3.05, 3.63) is 65.2 Å². The summed E-state index contributed by atoms with van der Waals surface area (Å²) in [6.45, 7) is 4.62. The first-order chi connectivity index (χ1) is 9.15. The highest BCUT2D eigenvalue weighted by Crippen LogP contribution is 2.19. The molecular weight excluding hydrogens is 236 g/mol. The normalized spacial score (nSPS) is 12.2. The van der Waals surface area contributed by atoms with Gasteiger partial charge in [0.2, 0.25) is 0 Å². The Bertz CT molecular complexity index is 500. The fourth-order valence-electron chi connectivity index (χ4n) is 2.15. The van der Waals surface area contributed by atoms with Crippen molar-refractivity contribution in [2.75, 3.05) is 6.61 Å². The molecule has 0 radical (unpaired) electrons. The summed E-state index contributed by atoms with van der Waals surface area (Å²) in [5.41, 5.74) is 3.32. The quantitative estimate of drug-likeness (QED) is 0.881. The Labute approximate surface area is 114 Å². The fraction of sp³-hybridized carbons (Fsp3) is 0.294. The lowest BCUT2D eigenvalue weighted by Gasteiger charge is -2.12. The van der Waals surface area contributed by atoms with E-state index in [0.717, 1.165) is 11.3 Å². The van der Waals surface area contributed by atoms with E-state index in [1.54, 1.807) is 0 Å². The molecule has 100 valence electrons. The van der Waals surface area contributed by atoms with Gasteiger partial charge in [0.05, 0.1) is 12.7 Å². The zero-order chi connectivity index (χ0) is 13.7. The van der Waals surface area contributed by atoms with Gasteiger partial charge in [0.25, 0.3) is 0 Å². The molecule has 0 saturated heterocycles. The Kier molecular flexibility index (Phi) is 4.58. The van der Waals surface area contributed by atoms with Crippen molar-refractivity contribution in [1.82, 2.24) is 0 Å². The fourth-order valence-corrected chi connectivity index (χ4v) is 2.15. The van der Waals surface area contributed by atoms with Crippen LogP contribution in [0.1, 0.15) is 29.2 Å². The third kappa shape index (κ3) is 4.11. The van der Waals surface area contributed by atoms with Crippen LogP contribution in [0, 0.1) is 13.8 Å². The van der Waals surface area contributed by atoms with Gasteiger partial charge >= 0.3 is 0 Å². The molecule has 2 aromatic carbocycles. The lowest BCUT2D eigenvalue weighted by molar-refractivity contribution is 0.141. The number of rotatable bonds is 5. The summed E-state index contributed by atoms with van der Waals surface area (Å²) in [5, 5.41) is 10.0. The van der Waals surface area contributed by atoms with Crippen LogP contribution in [-0.2, 0) is 0 Å². The number of ether oxygens (including phenoxy) is 1. The molecule has 19 heavy (non-hydrogen) atoms. The minimum Gasteiger partial charge on any atom is -0.493 e. The van der Waals surface area contributed by atoms with Gasteiger partial charge in [-0.2, -0.15) is 0 Å². The average molecular weight is 256 g/mol. The highest BCUT2D eigenvalue weighted by molar-refractivity contribution is 5.33. The molecule has 1 atom stereocenters. The Morgan fingerprint density at radius 2 is 1.63 bits per heavy atom. The van der Waals surface area contributed by atoms with Crippen molar-refractivity contribution < 1.29 is 9.84 Å². The van der Waals surface area contributed by atoms with E-state index in [9.17, 15) is 5.11 Å². The summed E-state index contributed by atoms with van der Waals surface area (Å²) in [6.07, 6.45) is 0.129. The first kappa shape index (κ1) is 13.6. The van der Waals surface area contributed by atoms with E-state index in [4.69, 9.17) is 4.74 Å². The highest BCUT2D eigenvalue weighted by Gasteiger charge is 2.07. The molecule has 0 heterocycles. The lowest BCUT2D eigenvalue weighted by atomic mass is 10.1. The molecule has 0 saturated carbocycles. The molecule has 0 fully saturated rings. The van der Waals surface area contributed by atoms with E-state index in [-0.39, 0.29) is 0 Å². The van der Waals surface area contributed by atoms with Gasteiger partial charge < -0.3 is 9.84 Å². The van der Waals surface area contributed by atoms with E-state index in [0.29, 0.717) is 13.0 Å². The Balaban J connectivity index is 1.86. The second-order valence-corrected chi connectivity index (χ2v) is 4.89. The molecule has 2 heteroatoms. The maximum Gasteiger partial charge on any atom is 0.119 e. The summed E-state index contributed by atoms with van der Waals surface area (Å²) in [6, 6.07) is 15.8. The van der Waals surface area contributed by atoms with Crippen molar-refractivity contribution in [2.24, 2.45) is 0 Å². The van der Waals surface area contributed by atoms with Gasteiger partial charge in [0.1, 0.15) is 5.75 Å². The molecule has 0 aliphatic rings. The van der Waals surface area contributed by atoms with Gasteiger partial charge in [-0.3, -0.25) is 0 Å². The molecule has 0 bridgehead atoms. The number of aryl methyl sites for hydroxylation is 2. The molecule has 0 spiro atoms. The summed E-state index contributed by atoms with van der Waals surface area (Å²) < 4.78 is 5.70. The van der Waals surface area contributed by atoms with Gasteiger partial charge in [-0.25, -0.2) is 0 Å². The van der Waals surface area contributed by atoms with Crippen LogP contribution in [0.4, 0.5) is 0 Å². The van der Waals surface area contributed by atoms with Crippen molar-refractivity contribution >= 4 is 0 Å². The van der Waals surface area contributed by atoms with E-state index >= 15 is 0 Å². The molecular formula is C17H20O2. The standard InChI is InChI=1S/C17H20O2/c1-13-10-14(2)12-16(11-13)19-9-8-17(18)15-6-4-3-5-7-15/h3-7,10-12,17-18H,8-9H2,1-2H3. The number of aliphatic hydroxyl groups is 1. The third-order valence-corrected chi connectivity index (χ3v) is 3.04. The van der Waals surface area contributed by atoms with Crippen molar-refractivity contribution in [3.63, 3.8) is 0 Å². The molecule has 2 aromatic rings. The number of aliphatic hydroxyl groups excluding tert-OH is 1. The predicted octanol–water partition coefficient (Wildman–Crippen LogP) is 3.81. The van der Waals surface area contributed by atoms with Gasteiger partial charge in [-0.15, -0.1) is 0 Å². The summed E-state index contributed by atoms with van der Waals surface area (Å²) >= 11 is 0. The second-order valence-electron chi connectivity index (χ2n) is 4.89. The Morgan fingerprint density at radius 3 is 2.26 bits per heavy atom. The first-order valence-corrected chi connectivity index (χ1v) is 6.59.